The van der Waals surface area contributed by atoms with Crippen LogP contribution in [0, 0.1) is 13.8 Å². The second-order valence-corrected chi connectivity index (χ2v) is 6.90. The van der Waals surface area contributed by atoms with Gasteiger partial charge < -0.3 is 10.2 Å². The lowest BCUT2D eigenvalue weighted by Crippen LogP contribution is -3.08. The molecule has 0 spiro atoms. The monoisotopic (exact) mass is 329 g/mol. The predicted octanol–water partition coefficient (Wildman–Crippen LogP) is 2.68. The Kier molecular flexibility index (Phi) is 6.25. The molecule has 2 rings (SSSR count). The molecule has 0 aliphatic rings. The van der Waals surface area contributed by atoms with Gasteiger partial charge in [-0.25, -0.2) is 0 Å². The molecule has 0 heterocycles. The van der Waals surface area contributed by atoms with Crippen molar-refractivity contribution in [2.24, 2.45) is 0 Å². The average molecular weight is 329 g/mol. The molecule has 0 aromatic heterocycles. The first-order chi connectivity index (χ1) is 11.0. The summed E-state index contributed by atoms with van der Waals surface area (Å²) in [6.45, 7) is 5.37. The van der Waals surface area contributed by atoms with E-state index in [4.69, 9.17) is 0 Å². The van der Waals surface area contributed by atoms with Crippen molar-refractivity contribution in [3.05, 3.63) is 59.2 Å². The van der Waals surface area contributed by atoms with Gasteiger partial charge in [0.15, 0.2) is 6.54 Å². The second kappa shape index (κ2) is 8.18. The van der Waals surface area contributed by atoms with Gasteiger partial charge in [0.25, 0.3) is 5.91 Å². The third kappa shape index (κ3) is 5.41. The second-order valence-electron chi connectivity index (χ2n) is 6.03. The number of rotatable bonds is 6. The molecule has 1 amide bonds. The Labute approximate surface area is 143 Å². The largest absolute Gasteiger partial charge is 0.326 e. The number of quaternary nitrogens is 1. The number of nitrogens with one attached hydrogen (secondary N) is 2. The number of thioether (sulfide) groups is 1. The van der Waals surface area contributed by atoms with Gasteiger partial charge in [0.2, 0.25) is 0 Å². The van der Waals surface area contributed by atoms with E-state index in [-0.39, 0.29) is 5.91 Å². The van der Waals surface area contributed by atoms with Crippen molar-refractivity contribution in [3.63, 3.8) is 0 Å². The van der Waals surface area contributed by atoms with Crippen LogP contribution in [0.5, 0.6) is 0 Å². The van der Waals surface area contributed by atoms with Gasteiger partial charge in [0.1, 0.15) is 6.54 Å². The van der Waals surface area contributed by atoms with Gasteiger partial charge >= 0.3 is 0 Å². The molecule has 0 fully saturated rings. The lowest BCUT2D eigenvalue weighted by atomic mass is 10.1. The van der Waals surface area contributed by atoms with Gasteiger partial charge in [0.05, 0.1) is 7.05 Å². The van der Waals surface area contributed by atoms with Crippen LogP contribution >= 0.6 is 11.8 Å². The number of hydrogen-bond donors (Lipinski definition) is 2. The summed E-state index contributed by atoms with van der Waals surface area (Å²) in [6, 6.07) is 14.6. The molecular formula is C19H25N2OS+. The minimum atomic E-state index is 0.0511. The summed E-state index contributed by atoms with van der Waals surface area (Å²) in [7, 11) is 2.05. The van der Waals surface area contributed by atoms with Gasteiger partial charge in [-0.1, -0.05) is 29.8 Å². The summed E-state index contributed by atoms with van der Waals surface area (Å²) in [5, 5.41) is 3.01. The highest BCUT2D eigenvalue weighted by atomic mass is 32.2. The zero-order valence-electron chi connectivity index (χ0n) is 14.3. The van der Waals surface area contributed by atoms with E-state index in [1.807, 2.05) is 26.1 Å². The van der Waals surface area contributed by atoms with E-state index in [9.17, 15) is 4.79 Å². The molecule has 122 valence electrons. The maximum Gasteiger partial charge on any atom is 0.279 e. The quantitative estimate of drug-likeness (QED) is 0.799. The van der Waals surface area contributed by atoms with Crippen molar-refractivity contribution in [2.75, 3.05) is 25.2 Å². The zero-order valence-corrected chi connectivity index (χ0v) is 15.1. The van der Waals surface area contributed by atoms with E-state index < -0.39 is 0 Å². The van der Waals surface area contributed by atoms with E-state index in [1.165, 1.54) is 20.9 Å². The maximum absolute atomic E-state index is 12.2. The molecule has 4 heteroatoms. The Hall–Kier alpha value is -1.78. The number of carbonyl (C=O) groups is 1. The van der Waals surface area contributed by atoms with Crippen molar-refractivity contribution in [2.45, 2.75) is 25.3 Å². The van der Waals surface area contributed by atoms with Gasteiger partial charge in [-0.05, 0) is 43.9 Å². The Bertz CT molecular complexity index is 668. The van der Waals surface area contributed by atoms with E-state index >= 15 is 0 Å². The molecule has 2 aromatic carbocycles. The Morgan fingerprint density at radius 1 is 1.13 bits per heavy atom. The van der Waals surface area contributed by atoms with Gasteiger partial charge in [-0.3, -0.25) is 4.79 Å². The fourth-order valence-electron chi connectivity index (χ4n) is 2.58. The summed E-state index contributed by atoms with van der Waals surface area (Å²) < 4.78 is 0. The fraction of sp³-hybridized carbons (Fsp3) is 0.316. The Balaban J connectivity index is 1.88. The fourth-order valence-corrected chi connectivity index (χ4v) is 2.98. The lowest BCUT2D eigenvalue weighted by molar-refractivity contribution is -0.885. The summed E-state index contributed by atoms with van der Waals surface area (Å²) in [6.07, 6.45) is 2.07. The minimum Gasteiger partial charge on any atom is -0.326 e. The molecule has 1 atom stereocenters. The Morgan fingerprint density at radius 2 is 1.83 bits per heavy atom. The van der Waals surface area contributed by atoms with Gasteiger partial charge in [-0.2, -0.15) is 0 Å². The highest BCUT2D eigenvalue weighted by molar-refractivity contribution is 7.98. The standard InChI is InChI=1S/C19H24N2OS/c1-14-5-10-18(15(2)11-14)20-19(22)13-21(3)12-16-6-8-17(23-4)9-7-16/h5-11H,12-13H2,1-4H3,(H,20,22)/p+1. The van der Waals surface area contributed by atoms with Crippen LogP contribution in [0.15, 0.2) is 47.4 Å². The molecule has 0 aliphatic carbocycles. The van der Waals surface area contributed by atoms with Gasteiger partial charge in [0, 0.05) is 16.1 Å². The molecule has 2 aromatic rings. The molecule has 3 nitrogen and oxygen atoms in total. The number of amides is 1. The Morgan fingerprint density at radius 3 is 2.43 bits per heavy atom. The molecule has 0 bridgehead atoms. The molecule has 23 heavy (non-hydrogen) atoms. The number of aryl methyl sites for hydroxylation is 2. The summed E-state index contributed by atoms with van der Waals surface area (Å²) in [5.74, 6) is 0.0511. The lowest BCUT2D eigenvalue weighted by Gasteiger charge is -2.15. The molecule has 0 aliphatic heterocycles. The summed E-state index contributed by atoms with van der Waals surface area (Å²) >= 11 is 1.74. The zero-order chi connectivity index (χ0) is 16.8. The van der Waals surface area contributed by atoms with Crippen molar-refractivity contribution in [1.82, 2.24) is 0 Å². The number of likely N-dealkylation sites (N-methyl/N-ethyl adjacent to an activating group) is 1. The summed E-state index contributed by atoms with van der Waals surface area (Å²) in [4.78, 5) is 14.6. The van der Waals surface area contributed by atoms with Gasteiger partial charge in [-0.15, -0.1) is 11.8 Å². The van der Waals surface area contributed by atoms with Crippen molar-refractivity contribution < 1.29 is 9.69 Å². The minimum absolute atomic E-state index is 0.0511. The first-order valence-electron chi connectivity index (χ1n) is 7.79. The van der Waals surface area contributed by atoms with E-state index in [0.29, 0.717) is 6.54 Å². The highest BCUT2D eigenvalue weighted by Crippen LogP contribution is 2.16. The molecule has 1 unspecified atom stereocenters. The number of benzene rings is 2. The normalized spacial score (nSPS) is 12.0. The van der Waals surface area contributed by atoms with Crippen LogP contribution < -0.4 is 10.2 Å². The first kappa shape index (κ1) is 17.6. The number of carbonyl (C=O) groups excluding carboxylic acids is 1. The van der Waals surface area contributed by atoms with Crippen LogP contribution in [-0.2, 0) is 11.3 Å². The third-order valence-electron chi connectivity index (χ3n) is 3.78. The SMILES string of the molecule is CSc1ccc(C[NH+](C)CC(=O)Nc2ccc(C)cc2C)cc1. The van der Waals surface area contributed by atoms with E-state index in [0.717, 1.165) is 17.8 Å². The smallest absolute Gasteiger partial charge is 0.279 e. The number of hydrogen-bond acceptors (Lipinski definition) is 2. The van der Waals surface area contributed by atoms with Crippen LogP contribution in [0.4, 0.5) is 5.69 Å². The average Bonchev–Trinajstić information content (AvgIpc) is 2.50. The van der Waals surface area contributed by atoms with Crippen LogP contribution in [0.3, 0.4) is 0 Å². The maximum atomic E-state index is 12.2. The van der Waals surface area contributed by atoms with Crippen molar-refractivity contribution >= 4 is 23.4 Å². The molecule has 0 saturated carbocycles. The van der Waals surface area contributed by atoms with Crippen molar-refractivity contribution in [1.29, 1.82) is 0 Å². The van der Waals surface area contributed by atoms with E-state index in [2.05, 4.69) is 48.8 Å². The first-order valence-corrected chi connectivity index (χ1v) is 9.01. The predicted molar refractivity (Wildman–Crippen MR) is 98.2 cm³/mol. The van der Waals surface area contributed by atoms with Crippen LogP contribution in [0.2, 0.25) is 0 Å². The molecule has 0 saturated heterocycles. The molecular weight excluding hydrogens is 304 g/mol. The van der Waals surface area contributed by atoms with E-state index in [1.54, 1.807) is 11.8 Å². The van der Waals surface area contributed by atoms with Crippen LogP contribution in [0.1, 0.15) is 16.7 Å². The highest BCUT2D eigenvalue weighted by Gasteiger charge is 2.12. The molecule has 2 N–H and O–H groups in total. The third-order valence-corrected chi connectivity index (χ3v) is 4.53. The van der Waals surface area contributed by atoms with Crippen LogP contribution in [0.25, 0.3) is 0 Å². The summed E-state index contributed by atoms with van der Waals surface area (Å²) in [5.41, 5.74) is 4.46. The topological polar surface area (TPSA) is 33.5 Å². The van der Waals surface area contributed by atoms with Crippen molar-refractivity contribution in [3.8, 4) is 0 Å². The number of anilines is 1. The van der Waals surface area contributed by atoms with Crippen LogP contribution in [-0.4, -0.2) is 25.8 Å². The molecule has 0 radical (unpaired) electrons.